The number of fused-ring (bicyclic) bond motifs is 1. The highest BCUT2D eigenvalue weighted by Crippen LogP contribution is 2.35. The van der Waals surface area contributed by atoms with E-state index < -0.39 is 10.0 Å². The number of anilines is 1. The van der Waals surface area contributed by atoms with E-state index in [1.165, 1.54) is 25.2 Å². The number of rotatable bonds is 7. The molecule has 170 valence electrons. The molecule has 1 aliphatic carbocycles. The van der Waals surface area contributed by atoms with Crippen LogP contribution in [0.5, 0.6) is 0 Å². The van der Waals surface area contributed by atoms with Crippen LogP contribution in [0.4, 0.5) is 5.69 Å². The molecule has 0 spiro atoms. The molecule has 1 saturated carbocycles. The van der Waals surface area contributed by atoms with Gasteiger partial charge in [0.25, 0.3) is 10.0 Å². The summed E-state index contributed by atoms with van der Waals surface area (Å²) >= 11 is 6.18. The molecule has 2 aromatic rings. The number of sulfonamides is 1. The van der Waals surface area contributed by atoms with Crippen LogP contribution in [0.1, 0.15) is 29.5 Å². The topological polar surface area (TPSA) is 82.1 Å². The van der Waals surface area contributed by atoms with Crippen molar-refractivity contribution in [2.45, 2.75) is 43.2 Å². The summed E-state index contributed by atoms with van der Waals surface area (Å²) in [5.41, 5.74) is 2.89. The van der Waals surface area contributed by atoms with Gasteiger partial charge in [-0.25, -0.2) is 0 Å². The molecule has 2 aromatic carbocycles. The van der Waals surface area contributed by atoms with E-state index in [1.54, 1.807) is 31.1 Å². The molecule has 0 atom stereocenters. The first-order valence-corrected chi connectivity index (χ1v) is 12.4. The molecular weight excluding hydrogens is 448 g/mol. The second-order valence-electron chi connectivity index (χ2n) is 8.54. The SMILES string of the molecule is CN(C)C=NS(=O)(=O)c1cc(NC(=O)Cc2ccccc2Cl)cc2c1CCN(C1CC1)C2. The number of amides is 1. The van der Waals surface area contributed by atoms with E-state index in [0.29, 0.717) is 35.3 Å². The van der Waals surface area contributed by atoms with Gasteiger partial charge in [-0.1, -0.05) is 29.8 Å². The quantitative estimate of drug-likeness (QED) is 0.491. The van der Waals surface area contributed by atoms with Crippen molar-refractivity contribution in [3.63, 3.8) is 0 Å². The maximum atomic E-state index is 13.0. The molecule has 9 heteroatoms. The van der Waals surface area contributed by atoms with Crippen molar-refractivity contribution in [3.05, 3.63) is 58.1 Å². The average Bonchev–Trinajstić information content (AvgIpc) is 3.58. The van der Waals surface area contributed by atoms with E-state index in [0.717, 1.165) is 17.7 Å². The monoisotopic (exact) mass is 474 g/mol. The zero-order chi connectivity index (χ0) is 22.9. The van der Waals surface area contributed by atoms with Crippen molar-refractivity contribution < 1.29 is 13.2 Å². The Morgan fingerprint density at radius 2 is 2.03 bits per heavy atom. The Kier molecular flexibility index (Phi) is 6.55. The number of benzene rings is 2. The fraction of sp³-hybridized carbons (Fsp3) is 0.391. The van der Waals surface area contributed by atoms with Gasteiger partial charge in [-0.05, 0) is 54.2 Å². The van der Waals surface area contributed by atoms with Crippen LogP contribution in [-0.2, 0) is 34.2 Å². The highest BCUT2D eigenvalue weighted by molar-refractivity contribution is 7.90. The smallest absolute Gasteiger partial charge is 0.284 e. The lowest BCUT2D eigenvalue weighted by molar-refractivity contribution is -0.115. The van der Waals surface area contributed by atoms with Crippen molar-refractivity contribution in [3.8, 4) is 0 Å². The van der Waals surface area contributed by atoms with E-state index in [9.17, 15) is 13.2 Å². The standard InChI is InChI=1S/C23H27ClN4O3S/c1-27(2)15-25-32(30,31)22-13-18(26-23(29)12-16-5-3-4-6-21(16)24)11-17-14-28(19-7-8-19)10-9-20(17)22/h3-6,11,13,15,19H,7-10,12,14H2,1-2H3,(H,26,29). The first kappa shape index (κ1) is 22.8. The zero-order valence-corrected chi connectivity index (χ0v) is 19.8. The summed E-state index contributed by atoms with van der Waals surface area (Å²) < 4.78 is 29.9. The van der Waals surface area contributed by atoms with Crippen molar-refractivity contribution in [2.75, 3.05) is 26.0 Å². The van der Waals surface area contributed by atoms with Gasteiger partial charge in [0.15, 0.2) is 0 Å². The van der Waals surface area contributed by atoms with Crippen LogP contribution in [0.3, 0.4) is 0 Å². The predicted molar refractivity (Wildman–Crippen MR) is 127 cm³/mol. The number of nitrogens with one attached hydrogen (secondary N) is 1. The average molecular weight is 475 g/mol. The third-order valence-corrected chi connectivity index (χ3v) is 7.34. The summed E-state index contributed by atoms with van der Waals surface area (Å²) in [6.07, 6.45) is 4.39. The number of hydrogen-bond donors (Lipinski definition) is 1. The minimum absolute atomic E-state index is 0.103. The lowest BCUT2D eigenvalue weighted by Crippen LogP contribution is -2.33. The Hall–Kier alpha value is -2.42. The molecule has 1 amide bonds. The molecule has 32 heavy (non-hydrogen) atoms. The Labute approximate surface area is 194 Å². The molecule has 1 aliphatic heterocycles. The molecule has 0 bridgehead atoms. The molecule has 1 fully saturated rings. The molecule has 4 rings (SSSR count). The van der Waals surface area contributed by atoms with Crippen molar-refractivity contribution in [1.29, 1.82) is 0 Å². The van der Waals surface area contributed by atoms with Crippen LogP contribution < -0.4 is 5.32 Å². The van der Waals surface area contributed by atoms with Crippen LogP contribution in [0.15, 0.2) is 45.7 Å². The van der Waals surface area contributed by atoms with Gasteiger partial charge in [-0.15, -0.1) is 4.40 Å². The summed E-state index contributed by atoms with van der Waals surface area (Å²) in [7, 11) is -0.475. The first-order valence-electron chi connectivity index (χ1n) is 10.6. The molecule has 1 N–H and O–H groups in total. The summed E-state index contributed by atoms with van der Waals surface area (Å²) in [6, 6.07) is 11.2. The third-order valence-electron chi connectivity index (χ3n) is 5.67. The third kappa shape index (κ3) is 5.31. The Bertz CT molecular complexity index is 1160. The van der Waals surface area contributed by atoms with Gasteiger partial charge in [-0.3, -0.25) is 9.69 Å². The summed E-state index contributed by atoms with van der Waals surface area (Å²) in [4.78, 5) is 16.8. The Morgan fingerprint density at radius 3 is 2.72 bits per heavy atom. The number of carbonyl (C=O) groups is 1. The van der Waals surface area contributed by atoms with Crippen molar-refractivity contribution in [1.82, 2.24) is 9.80 Å². The molecule has 1 heterocycles. The Balaban J connectivity index is 1.65. The van der Waals surface area contributed by atoms with E-state index in [4.69, 9.17) is 11.6 Å². The number of halogens is 1. The molecule has 2 aliphatic rings. The number of nitrogens with zero attached hydrogens (tertiary/aromatic N) is 3. The second-order valence-corrected chi connectivity index (χ2v) is 10.5. The van der Waals surface area contributed by atoms with Gasteiger partial charge < -0.3 is 10.2 Å². The largest absolute Gasteiger partial charge is 0.368 e. The summed E-state index contributed by atoms with van der Waals surface area (Å²) in [5, 5.41) is 3.38. The second kappa shape index (κ2) is 9.21. The predicted octanol–water partition coefficient (Wildman–Crippen LogP) is 3.32. The fourth-order valence-electron chi connectivity index (χ4n) is 3.97. The van der Waals surface area contributed by atoms with Gasteiger partial charge in [0.05, 0.1) is 11.3 Å². The highest BCUT2D eigenvalue weighted by atomic mass is 35.5. The van der Waals surface area contributed by atoms with Gasteiger partial charge in [0.2, 0.25) is 5.91 Å². The Morgan fingerprint density at radius 1 is 1.28 bits per heavy atom. The van der Waals surface area contributed by atoms with Crippen LogP contribution in [-0.4, -0.2) is 57.1 Å². The molecule has 0 saturated heterocycles. The van der Waals surface area contributed by atoms with Crippen molar-refractivity contribution >= 4 is 39.6 Å². The fourth-order valence-corrected chi connectivity index (χ4v) is 5.42. The summed E-state index contributed by atoms with van der Waals surface area (Å²) in [6.45, 7) is 1.50. The zero-order valence-electron chi connectivity index (χ0n) is 18.2. The van der Waals surface area contributed by atoms with Gasteiger partial charge in [-0.2, -0.15) is 8.42 Å². The van der Waals surface area contributed by atoms with E-state index in [1.807, 2.05) is 18.2 Å². The normalized spacial score (nSPS) is 16.7. The maximum absolute atomic E-state index is 13.0. The molecular formula is C23H27ClN4O3S. The molecule has 0 radical (unpaired) electrons. The highest BCUT2D eigenvalue weighted by Gasteiger charge is 2.33. The first-order chi connectivity index (χ1) is 15.2. The summed E-state index contributed by atoms with van der Waals surface area (Å²) in [5.74, 6) is -0.256. The number of hydrogen-bond acceptors (Lipinski definition) is 4. The van der Waals surface area contributed by atoms with Crippen LogP contribution in [0, 0.1) is 0 Å². The van der Waals surface area contributed by atoms with Crippen LogP contribution in [0.25, 0.3) is 0 Å². The van der Waals surface area contributed by atoms with Gasteiger partial charge >= 0.3 is 0 Å². The minimum atomic E-state index is -3.91. The van der Waals surface area contributed by atoms with Crippen LogP contribution in [0.2, 0.25) is 5.02 Å². The van der Waals surface area contributed by atoms with Crippen molar-refractivity contribution in [2.24, 2.45) is 4.40 Å². The van der Waals surface area contributed by atoms with E-state index >= 15 is 0 Å². The van der Waals surface area contributed by atoms with E-state index in [2.05, 4.69) is 14.6 Å². The van der Waals surface area contributed by atoms with Crippen LogP contribution >= 0.6 is 11.6 Å². The minimum Gasteiger partial charge on any atom is -0.368 e. The number of carbonyl (C=O) groups excluding carboxylic acids is 1. The van der Waals surface area contributed by atoms with Gasteiger partial charge in [0.1, 0.15) is 6.34 Å². The lowest BCUT2D eigenvalue weighted by atomic mass is 9.98. The molecule has 0 unspecified atom stereocenters. The van der Waals surface area contributed by atoms with Gasteiger partial charge in [0, 0.05) is 43.9 Å². The lowest BCUT2D eigenvalue weighted by Gasteiger charge is -2.30. The maximum Gasteiger partial charge on any atom is 0.284 e. The molecule has 0 aromatic heterocycles. The molecule has 7 nitrogen and oxygen atoms in total. The van der Waals surface area contributed by atoms with E-state index in [-0.39, 0.29) is 17.2 Å².